The Labute approximate surface area is 160 Å². The molecule has 0 aromatic heterocycles. The number of nitrogens with zero attached hydrogens (tertiary/aromatic N) is 2. The van der Waals surface area contributed by atoms with Crippen LogP contribution in [0.25, 0.3) is 0 Å². The third kappa shape index (κ3) is 5.08. The molecule has 1 amide bonds. The summed E-state index contributed by atoms with van der Waals surface area (Å²) in [6, 6.07) is 6.10. The smallest absolute Gasteiger partial charge is 0.243 e. The number of carbonyl (C=O) groups is 1. The molecule has 0 bridgehead atoms. The highest BCUT2D eigenvalue weighted by atomic mass is 35.5. The Morgan fingerprint density at radius 2 is 1.72 bits per heavy atom. The van der Waals surface area contributed by atoms with Crippen LogP contribution in [-0.2, 0) is 14.8 Å². The fourth-order valence-corrected chi connectivity index (χ4v) is 4.42. The van der Waals surface area contributed by atoms with Crippen LogP contribution in [0.2, 0.25) is 5.02 Å². The summed E-state index contributed by atoms with van der Waals surface area (Å²) in [4.78, 5) is 14.4. The van der Waals surface area contributed by atoms with Crippen LogP contribution in [0.4, 0.5) is 0 Å². The van der Waals surface area contributed by atoms with Crippen LogP contribution >= 0.6 is 24.0 Å². The molecule has 142 valence electrons. The summed E-state index contributed by atoms with van der Waals surface area (Å²) < 4.78 is 26.7. The zero-order chi connectivity index (χ0) is 18.0. The monoisotopic (exact) mass is 409 g/mol. The summed E-state index contributed by atoms with van der Waals surface area (Å²) in [6.07, 6.45) is 1.43. The van der Waals surface area contributed by atoms with Crippen LogP contribution in [0.15, 0.2) is 29.2 Å². The van der Waals surface area contributed by atoms with E-state index in [0.29, 0.717) is 24.5 Å². The molecule has 1 saturated heterocycles. The van der Waals surface area contributed by atoms with Crippen LogP contribution in [0.3, 0.4) is 0 Å². The van der Waals surface area contributed by atoms with Crippen molar-refractivity contribution in [2.75, 3.05) is 26.2 Å². The van der Waals surface area contributed by atoms with Crippen molar-refractivity contribution in [3.05, 3.63) is 29.3 Å². The van der Waals surface area contributed by atoms with Gasteiger partial charge < -0.3 is 10.6 Å². The van der Waals surface area contributed by atoms with E-state index in [0.717, 1.165) is 6.42 Å². The Morgan fingerprint density at radius 1 is 1.20 bits per heavy atom. The second-order valence-electron chi connectivity index (χ2n) is 6.32. The summed E-state index contributed by atoms with van der Waals surface area (Å²) >= 11 is 5.81. The normalized spacial score (nSPS) is 18.3. The summed E-state index contributed by atoms with van der Waals surface area (Å²) in [5.41, 5.74) is 5.19. The first-order chi connectivity index (χ1) is 11.2. The Morgan fingerprint density at radius 3 is 2.20 bits per heavy atom. The molecule has 1 aliphatic heterocycles. The van der Waals surface area contributed by atoms with Gasteiger partial charge in [0, 0.05) is 31.2 Å². The van der Waals surface area contributed by atoms with Crippen LogP contribution in [0.5, 0.6) is 0 Å². The lowest BCUT2D eigenvalue weighted by atomic mass is 9.95. The molecule has 1 aliphatic rings. The van der Waals surface area contributed by atoms with Gasteiger partial charge in [0.2, 0.25) is 15.9 Å². The minimum atomic E-state index is -3.57. The average Bonchev–Trinajstić information content (AvgIpc) is 2.54. The van der Waals surface area contributed by atoms with Gasteiger partial charge in [-0.2, -0.15) is 4.31 Å². The molecule has 2 N–H and O–H groups in total. The molecule has 1 heterocycles. The second kappa shape index (κ2) is 8.68. The van der Waals surface area contributed by atoms with Crippen molar-refractivity contribution in [2.45, 2.75) is 37.1 Å². The van der Waals surface area contributed by atoms with Crippen molar-refractivity contribution in [3.8, 4) is 0 Å². The van der Waals surface area contributed by atoms with E-state index in [9.17, 15) is 13.2 Å². The molecule has 1 fully saturated rings. The highest BCUT2D eigenvalue weighted by molar-refractivity contribution is 7.89. The molecule has 25 heavy (non-hydrogen) atoms. The molecule has 0 aliphatic carbocycles. The molecular weight excluding hydrogens is 385 g/mol. The van der Waals surface area contributed by atoms with Gasteiger partial charge in [-0.05, 0) is 37.6 Å². The number of sulfonamides is 1. The third-order valence-electron chi connectivity index (χ3n) is 4.24. The predicted octanol–water partition coefficient (Wildman–Crippen LogP) is 2.11. The van der Waals surface area contributed by atoms with Gasteiger partial charge in [-0.25, -0.2) is 8.42 Å². The lowest BCUT2D eigenvalue weighted by Crippen LogP contribution is -2.58. The fraction of sp³-hybridized carbons (Fsp3) is 0.562. The number of hydrogen-bond acceptors (Lipinski definition) is 4. The minimum Gasteiger partial charge on any atom is -0.338 e. The van der Waals surface area contributed by atoms with E-state index in [1.54, 1.807) is 24.0 Å². The molecule has 1 aromatic carbocycles. The van der Waals surface area contributed by atoms with Crippen LogP contribution in [0.1, 0.15) is 26.7 Å². The maximum absolute atomic E-state index is 12.6. The van der Waals surface area contributed by atoms with Crippen molar-refractivity contribution in [1.29, 1.82) is 0 Å². The second-order valence-corrected chi connectivity index (χ2v) is 8.69. The predicted molar refractivity (Wildman–Crippen MR) is 102 cm³/mol. The third-order valence-corrected chi connectivity index (χ3v) is 6.40. The van der Waals surface area contributed by atoms with Crippen molar-refractivity contribution < 1.29 is 13.2 Å². The van der Waals surface area contributed by atoms with Gasteiger partial charge >= 0.3 is 0 Å². The van der Waals surface area contributed by atoms with Crippen LogP contribution < -0.4 is 5.73 Å². The highest BCUT2D eigenvalue weighted by Crippen LogP contribution is 2.21. The number of rotatable bonds is 5. The first kappa shape index (κ1) is 22.2. The first-order valence-corrected chi connectivity index (χ1v) is 9.84. The maximum Gasteiger partial charge on any atom is 0.243 e. The molecule has 1 atom stereocenters. The standard InChI is InChI=1S/C16H24ClN3O3S.ClH/c1-3-8-16(2,18)15(21)19-9-11-20(12-10-19)24(22,23)14-6-4-13(17)5-7-14;/h4-7H,3,8-12,18H2,1-2H3;1H. The maximum atomic E-state index is 12.6. The summed E-state index contributed by atoms with van der Waals surface area (Å²) in [6.45, 7) is 4.94. The zero-order valence-electron chi connectivity index (χ0n) is 14.4. The SMILES string of the molecule is CCCC(C)(N)C(=O)N1CCN(S(=O)(=O)c2ccc(Cl)cc2)CC1.Cl. The number of piperazine rings is 1. The van der Waals surface area contributed by atoms with E-state index in [-0.39, 0.29) is 36.3 Å². The van der Waals surface area contributed by atoms with Crippen LogP contribution in [-0.4, -0.2) is 55.2 Å². The van der Waals surface area contributed by atoms with Crippen molar-refractivity contribution in [2.24, 2.45) is 5.73 Å². The number of amides is 1. The van der Waals surface area contributed by atoms with E-state index in [2.05, 4.69) is 0 Å². The fourth-order valence-electron chi connectivity index (χ4n) is 2.87. The Kier molecular flexibility index (Phi) is 7.71. The summed E-state index contributed by atoms with van der Waals surface area (Å²) in [7, 11) is -3.57. The first-order valence-electron chi connectivity index (χ1n) is 8.02. The molecule has 9 heteroatoms. The topological polar surface area (TPSA) is 83.7 Å². The van der Waals surface area contributed by atoms with Gasteiger partial charge in [-0.3, -0.25) is 4.79 Å². The molecule has 0 saturated carbocycles. The van der Waals surface area contributed by atoms with Gasteiger partial charge in [-0.1, -0.05) is 24.9 Å². The van der Waals surface area contributed by atoms with Crippen molar-refractivity contribution >= 4 is 39.9 Å². The summed E-state index contributed by atoms with van der Waals surface area (Å²) in [5, 5.41) is 0.488. The van der Waals surface area contributed by atoms with E-state index in [1.165, 1.54) is 16.4 Å². The Hall–Kier alpha value is -0.860. The van der Waals surface area contributed by atoms with Gasteiger partial charge in [0.1, 0.15) is 0 Å². The highest BCUT2D eigenvalue weighted by Gasteiger charge is 2.36. The number of nitrogens with two attached hydrogens (primary N) is 1. The molecule has 6 nitrogen and oxygen atoms in total. The molecule has 1 unspecified atom stereocenters. The largest absolute Gasteiger partial charge is 0.338 e. The average molecular weight is 410 g/mol. The van der Waals surface area contributed by atoms with Crippen LogP contribution in [0, 0.1) is 0 Å². The van der Waals surface area contributed by atoms with E-state index in [4.69, 9.17) is 17.3 Å². The molecular formula is C16H25Cl2N3O3S. The molecule has 2 rings (SSSR count). The van der Waals surface area contributed by atoms with E-state index in [1.807, 2.05) is 6.92 Å². The van der Waals surface area contributed by atoms with Gasteiger partial charge in [-0.15, -0.1) is 12.4 Å². The lowest BCUT2D eigenvalue weighted by Gasteiger charge is -2.37. The molecule has 1 aromatic rings. The minimum absolute atomic E-state index is 0. The number of benzene rings is 1. The van der Waals surface area contributed by atoms with Crippen molar-refractivity contribution in [3.63, 3.8) is 0 Å². The Balaban J connectivity index is 0.00000312. The van der Waals surface area contributed by atoms with Crippen molar-refractivity contribution in [1.82, 2.24) is 9.21 Å². The Bertz CT molecular complexity index is 685. The lowest BCUT2D eigenvalue weighted by molar-refractivity contribution is -0.137. The van der Waals surface area contributed by atoms with E-state index >= 15 is 0 Å². The quantitative estimate of drug-likeness (QED) is 0.806. The van der Waals surface area contributed by atoms with Gasteiger partial charge in [0.25, 0.3) is 0 Å². The van der Waals surface area contributed by atoms with E-state index < -0.39 is 15.6 Å². The number of hydrogen-bond donors (Lipinski definition) is 1. The number of halogens is 2. The zero-order valence-corrected chi connectivity index (χ0v) is 16.8. The number of carbonyl (C=O) groups excluding carboxylic acids is 1. The van der Waals surface area contributed by atoms with Gasteiger partial charge in [0.15, 0.2) is 0 Å². The molecule has 0 radical (unpaired) electrons. The van der Waals surface area contributed by atoms with Gasteiger partial charge in [0.05, 0.1) is 10.4 Å². The summed E-state index contributed by atoms with van der Waals surface area (Å²) in [5.74, 6) is -0.118. The molecule has 0 spiro atoms.